The fourth-order valence-electron chi connectivity index (χ4n) is 3.65. The zero-order chi connectivity index (χ0) is 20.0. The molecule has 0 radical (unpaired) electrons. The van der Waals surface area contributed by atoms with E-state index in [-0.39, 0.29) is 18.3 Å². The lowest BCUT2D eigenvalue weighted by Gasteiger charge is -2.23. The molecule has 29 heavy (non-hydrogen) atoms. The van der Waals surface area contributed by atoms with Crippen LogP contribution in [-0.4, -0.2) is 27.0 Å². The van der Waals surface area contributed by atoms with E-state index in [1.54, 1.807) is 6.92 Å². The van der Waals surface area contributed by atoms with E-state index in [2.05, 4.69) is 15.5 Å². The number of nitrogens with one attached hydrogen (secondary N) is 1. The zero-order valence-electron chi connectivity index (χ0n) is 15.5. The Bertz CT molecular complexity index is 1230. The molecule has 3 heterocycles. The van der Waals surface area contributed by atoms with Crippen LogP contribution in [0, 0.1) is 0 Å². The number of aromatic nitrogens is 2. The lowest BCUT2D eigenvalue weighted by Crippen LogP contribution is -2.41. The second-order valence-electron chi connectivity index (χ2n) is 7.00. The number of thiophene rings is 1. The van der Waals surface area contributed by atoms with E-state index in [4.69, 9.17) is 4.52 Å². The van der Waals surface area contributed by atoms with E-state index in [1.807, 2.05) is 59.3 Å². The van der Waals surface area contributed by atoms with Gasteiger partial charge in [-0.3, -0.25) is 9.69 Å². The van der Waals surface area contributed by atoms with Gasteiger partial charge in [-0.05, 0) is 34.7 Å². The maximum absolute atomic E-state index is 13.3. The quantitative estimate of drug-likeness (QED) is 0.521. The maximum atomic E-state index is 13.3. The summed E-state index contributed by atoms with van der Waals surface area (Å²) in [5.41, 5.74) is 0.414. The van der Waals surface area contributed by atoms with Crippen LogP contribution in [0.5, 0.6) is 0 Å². The van der Waals surface area contributed by atoms with Crippen molar-refractivity contribution in [2.45, 2.75) is 19.0 Å². The number of benzene rings is 2. The van der Waals surface area contributed by atoms with Gasteiger partial charge in [0.05, 0.1) is 0 Å². The highest BCUT2D eigenvalue weighted by Gasteiger charge is 2.50. The first-order chi connectivity index (χ1) is 14.1. The van der Waals surface area contributed by atoms with Crippen molar-refractivity contribution in [2.24, 2.45) is 0 Å². The molecule has 0 bridgehead atoms. The van der Waals surface area contributed by atoms with Gasteiger partial charge in [0.2, 0.25) is 11.7 Å². The Labute approximate surface area is 170 Å². The van der Waals surface area contributed by atoms with Gasteiger partial charge in [0, 0.05) is 10.9 Å². The van der Waals surface area contributed by atoms with Gasteiger partial charge in [0.25, 0.3) is 5.91 Å². The van der Waals surface area contributed by atoms with Crippen LogP contribution in [-0.2, 0) is 16.9 Å². The molecule has 0 saturated carbocycles. The molecule has 144 valence electrons. The van der Waals surface area contributed by atoms with E-state index in [1.165, 1.54) is 11.3 Å². The van der Waals surface area contributed by atoms with Crippen molar-refractivity contribution < 1.29 is 14.1 Å². The third kappa shape index (κ3) is 2.80. The van der Waals surface area contributed by atoms with Gasteiger partial charge in [-0.1, -0.05) is 47.6 Å². The Morgan fingerprint density at radius 2 is 1.97 bits per heavy atom. The van der Waals surface area contributed by atoms with Crippen LogP contribution in [0.1, 0.15) is 18.4 Å². The Morgan fingerprint density at radius 1 is 1.14 bits per heavy atom. The van der Waals surface area contributed by atoms with Gasteiger partial charge in [-0.15, -0.1) is 0 Å². The summed E-state index contributed by atoms with van der Waals surface area (Å²) in [7, 11) is 0. The first-order valence-electron chi connectivity index (χ1n) is 9.04. The Morgan fingerprint density at radius 3 is 2.79 bits per heavy atom. The van der Waals surface area contributed by atoms with Crippen LogP contribution in [0.2, 0.25) is 0 Å². The molecule has 1 aliphatic heterocycles. The van der Waals surface area contributed by atoms with Crippen molar-refractivity contribution in [3.8, 4) is 11.4 Å². The second kappa shape index (κ2) is 6.52. The minimum absolute atomic E-state index is 0.0812. The number of rotatable bonds is 4. The van der Waals surface area contributed by atoms with Crippen LogP contribution >= 0.6 is 11.3 Å². The summed E-state index contributed by atoms with van der Waals surface area (Å²) >= 11 is 1.53. The molecule has 1 aliphatic rings. The Hall–Kier alpha value is -3.52. The second-order valence-corrected chi connectivity index (χ2v) is 7.78. The highest BCUT2D eigenvalue weighted by molar-refractivity contribution is 7.08. The summed E-state index contributed by atoms with van der Waals surface area (Å²) < 4.78 is 5.26. The first kappa shape index (κ1) is 17.6. The monoisotopic (exact) mass is 404 g/mol. The number of fused-ring (bicyclic) bond motifs is 1. The Kier molecular flexibility index (Phi) is 3.95. The lowest BCUT2D eigenvalue weighted by molar-refractivity contribution is -0.131. The highest BCUT2D eigenvalue weighted by Crippen LogP contribution is 2.34. The lowest BCUT2D eigenvalue weighted by atomic mass is 9.88. The van der Waals surface area contributed by atoms with E-state index in [0.717, 1.165) is 26.8 Å². The summed E-state index contributed by atoms with van der Waals surface area (Å²) in [6.07, 6.45) is 0. The third-order valence-electron chi connectivity index (χ3n) is 5.14. The van der Waals surface area contributed by atoms with Crippen LogP contribution in [0.4, 0.5) is 4.79 Å². The molecule has 2 aromatic heterocycles. The van der Waals surface area contributed by atoms with Crippen molar-refractivity contribution in [1.29, 1.82) is 0 Å². The average molecular weight is 404 g/mol. The molecular weight excluding hydrogens is 388 g/mol. The minimum atomic E-state index is -1.17. The van der Waals surface area contributed by atoms with Crippen LogP contribution < -0.4 is 5.32 Å². The fraction of sp³-hybridized carbons (Fsp3) is 0.143. The molecule has 4 aromatic rings. The molecule has 1 atom stereocenters. The predicted molar refractivity (Wildman–Crippen MR) is 108 cm³/mol. The highest BCUT2D eigenvalue weighted by atomic mass is 32.1. The van der Waals surface area contributed by atoms with Gasteiger partial charge in [0.1, 0.15) is 12.1 Å². The smallest absolute Gasteiger partial charge is 0.325 e. The van der Waals surface area contributed by atoms with Gasteiger partial charge >= 0.3 is 6.03 Å². The number of hydrogen-bond donors (Lipinski definition) is 1. The molecule has 3 amide bonds. The van der Waals surface area contributed by atoms with Crippen molar-refractivity contribution >= 4 is 34.0 Å². The van der Waals surface area contributed by atoms with Crippen LogP contribution in [0.25, 0.3) is 22.2 Å². The van der Waals surface area contributed by atoms with Gasteiger partial charge in [-0.2, -0.15) is 16.3 Å². The van der Waals surface area contributed by atoms with E-state index in [0.29, 0.717) is 5.82 Å². The van der Waals surface area contributed by atoms with Crippen molar-refractivity contribution in [3.05, 3.63) is 70.7 Å². The zero-order valence-corrected chi connectivity index (χ0v) is 16.3. The van der Waals surface area contributed by atoms with Crippen molar-refractivity contribution in [3.63, 3.8) is 0 Å². The number of carbonyl (C=O) groups excluding carboxylic acids is 2. The van der Waals surface area contributed by atoms with Gasteiger partial charge < -0.3 is 9.84 Å². The van der Waals surface area contributed by atoms with Crippen molar-refractivity contribution in [1.82, 2.24) is 20.4 Å². The number of amides is 3. The Balaban J connectivity index is 1.47. The maximum Gasteiger partial charge on any atom is 0.325 e. The van der Waals surface area contributed by atoms with Gasteiger partial charge in [-0.25, -0.2) is 4.79 Å². The average Bonchev–Trinajstić information content (AvgIpc) is 3.46. The molecule has 1 fully saturated rings. The third-order valence-corrected chi connectivity index (χ3v) is 5.83. The minimum Gasteiger partial charge on any atom is -0.337 e. The fourth-order valence-corrected chi connectivity index (χ4v) is 4.28. The van der Waals surface area contributed by atoms with Crippen molar-refractivity contribution in [2.75, 3.05) is 0 Å². The van der Waals surface area contributed by atoms with E-state index in [9.17, 15) is 9.59 Å². The summed E-state index contributed by atoms with van der Waals surface area (Å²) in [5, 5.41) is 12.5. The molecular formula is C21H16N4O3S. The summed E-state index contributed by atoms with van der Waals surface area (Å²) in [6.45, 7) is 1.64. The topological polar surface area (TPSA) is 88.3 Å². The molecule has 5 rings (SSSR count). The molecule has 8 heteroatoms. The normalized spacial score (nSPS) is 19.1. The molecule has 0 spiro atoms. The number of urea groups is 1. The van der Waals surface area contributed by atoms with E-state index >= 15 is 0 Å². The molecule has 2 aromatic carbocycles. The molecule has 0 aliphatic carbocycles. The summed E-state index contributed by atoms with van der Waals surface area (Å²) in [4.78, 5) is 31.4. The summed E-state index contributed by atoms with van der Waals surface area (Å²) in [5.74, 6) is 0.288. The standard InChI is InChI=1S/C21H16N4O3S/c1-21(16-8-4-6-13-5-2-3-7-15(13)16)19(26)25(20(27)23-21)11-17-22-18(24-28-17)14-9-10-29-12-14/h2-10,12H,11H2,1H3,(H,23,27). The van der Waals surface area contributed by atoms with E-state index < -0.39 is 11.6 Å². The number of hydrogen-bond acceptors (Lipinski definition) is 6. The predicted octanol–water partition coefficient (Wildman–Crippen LogP) is 3.92. The number of carbonyl (C=O) groups is 2. The molecule has 1 unspecified atom stereocenters. The summed E-state index contributed by atoms with van der Waals surface area (Å²) in [6, 6.07) is 14.9. The molecule has 7 nitrogen and oxygen atoms in total. The number of nitrogens with zero attached hydrogens (tertiary/aromatic N) is 3. The first-order valence-corrected chi connectivity index (χ1v) is 9.98. The van der Waals surface area contributed by atoms with Crippen LogP contribution in [0.15, 0.2) is 63.8 Å². The van der Waals surface area contributed by atoms with Crippen LogP contribution in [0.3, 0.4) is 0 Å². The van der Waals surface area contributed by atoms with Gasteiger partial charge in [0.15, 0.2) is 0 Å². The number of imide groups is 1. The largest absolute Gasteiger partial charge is 0.337 e. The molecule has 1 N–H and O–H groups in total. The SMILES string of the molecule is CC1(c2cccc3ccccc23)NC(=O)N(Cc2nc(-c3ccsc3)no2)C1=O. The molecule has 1 saturated heterocycles.